The number of hydrogen-bond acceptors (Lipinski definition) is 4. The maximum absolute atomic E-state index is 13.0. The molecule has 4 nitrogen and oxygen atoms in total. The van der Waals surface area contributed by atoms with Gasteiger partial charge in [0.05, 0.1) is 14.8 Å². The van der Waals surface area contributed by atoms with Gasteiger partial charge in [0.2, 0.25) is 9.84 Å². The number of benzene rings is 2. The maximum Gasteiger partial charge on any atom is 0.206 e. The van der Waals surface area contributed by atoms with Gasteiger partial charge in [-0.15, -0.1) is 0 Å². The molecule has 1 N–H and O–H groups in total. The third kappa shape index (κ3) is 2.94. The van der Waals surface area contributed by atoms with Crippen molar-refractivity contribution in [3.63, 3.8) is 0 Å². The first-order valence-corrected chi connectivity index (χ1v) is 10.1. The van der Waals surface area contributed by atoms with Gasteiger partial charge >= 0.3 is 0 Å². The average molecular weight is 417 g/mol. The fourth-order valence-corrected chi connectivity index (χ4v) is 5.38. The molecule has 4 rings (SSSR count). The molecule has 3 aromatic rings. The Morgan fingerprint density at radius 3 is 2.36 bits per heavy atom. The summed E-state index contributed by atoms with van der Waals surface area (Å²) < 4.78 is 31.8. The summed E-state index contributed by atoms with van der Waals surface area (Å²) in [6.07, 6.45) is 0.742. The number of fused-ring (bicyclic) bond motifs is 3. The fraction of sp³-hybridized carbons (Fsp3) is 0.176. The van der Waals surface area contributed by atoms with E-state index in [0.29, 0.717) is 17.5 Å². The summed E-state index contributed by atoms with van der Waals surface area (Å²) >= 11 is 18.2. The molecular weight excluding hydrogens is 405 g/mol. The zero-order chi connectivity index (χ0) is 17.8. The molecule has 2 aromatic carbocycles. The molecule has 1 aliphatic rings. The van der Waals surface area contributed by atoms with E-state index in [-0.39, 0.29) is 24.9 Å². The standard InChI is InChI=1S/C17H12Cl3NO3S/c18-9-3-10(19)5-11(4-9)25(22,23)12-6-13-14-8-21-2-1-16(14)24-17(13)15(20)7-12/h3-7,21H,1-2,8H2. The SMILES string of the molecule is O=S(=O)(c1cc(Cl)cc(Cl)c1)c1cc(Cl)c2oc3c(c2c1)CNCC3. The number of furan rings is 1. The highest BCUT2D eigenvalue weighted by atomic mass is 35.5. The van der Waals surface area contributed by atoms with Crippen molar-refractivity contribution in [3.05, 3.63) is 56.7 Å². The van der Waals surface area contributed by atoms with E-state index >= 15 is 0 Å². The van der Waals surface area contributed by atoms with Crippen molar-refractivity contribution in [2.24, 2.45) is 0 Å². The number of halogens is 3. The minimum atomic E-state index is -3.82. The topological polar surface area (TPSA) is 59.3 Å². The number of sulfone groups is 1. The Balaban J connectivity index is 1.94. The molecule has 0 fully saturated rings. The Bertz CT molecular complexity index is 1090. The molecule has 0 aliphatic carbocycles. The summed E-state index contributed by atoms with van der Waals surface area (Å²) in [5.74, 6) is 0.844. The second-order valence-corrected chi connectivity index (χ2v) is 9.05. The van der Waals surface area contributed by atoms with Gasteiger partial charge in [0, 0.05) is 40.5 Å². The lowest BCUT2D eigenvalue weighted by molar-refractivity contribution is 0.500. The molecule has 1 aromatic heterocycles. The predicted octanol–water partition coefficient (Wildman–Crippen LogP) is 4.87. The quantitative estimate of drug-likeness (QED) is 0.647. The minimum Gasteiger partial charge on any atom is -0.459 e. The lowest BCUT2D eigenvalue weighted by Gasteiger charge is -2.11. The Kier molecular flexibility index (Phi) is 4.25. The molecule has 0 atom stereocenters. The molecule has 25 heavy (non-hydrogen) atoms. The molecule has 0 radical (unpaired) electrons. The van der Waals surface area contributed by atoms with E-state index < -0.39 is 9.84 Å². The molecule has 2 heterocycles. The highest BCUT2D eigenvalue weighted by Gasteiger charge is 2.25. The molecule has 0 unspecified atom stereocenters. The molecule has 0 spiro atoms. The van der Waals surface area contributed by atoms with Crippen molar-refractivity contribution in [2.75, 3.05) is 6.54 Å². The zero-order valence-corrected chi connectivity index (χ0v) is 15.9. The summed E-state index contributed by atoms with van der Waals surface area (Å²) in [7, 11) is -3.82. The van der Waals surface area contributed by atoms with Crippen LogP contribution in [-0.4, -0.2) is 15.0 Å². The summed E-state index contributed by atoms with van der Waals surface area (Å²) in [5, 5.41) is 4.73. The predicted molar refractivity (Wildman–Crippen MR) is 98.5 cm³/mol. The lowest BCUT2D eigenvalue weighted by atomic mass is 10.1. The summed E-state index contributed by atoms with van der Waals surface area (Å²) in [6.45, 7) is 1.43. The molecule has 0 saturated carbocycles. The molecule has 130 valence electrons. The average Bonchev–Trinajstić information content (AvgIpc) is 2.93. The van der Waals surface area contributed by atoms with Crippen LogP contribution in [0.15, 0.2) is 44.5 Å². The largest absolute Gasteiger partial charge is 0.459 e. The van der Waals surface area contributed by atoms with Crippen LogP contribution in [0.4, 0.5) is 0 Å². The normalized spacial score (nSPS) is 14.7. The van der Waals surface area contributed by atoms with Gasteiger partial charge in [-0.3, -0.25) is 0 Å². The highest BCUT2D eigenvalue weighted by molar-refractivity contribution is 7.91. The Morgan fingerprint density at radius 1 is 0.960 bits per heavy atom. The second-order valence-electron chi connectivity index (χ2n) is 5.82. The molecular formula is C17H12Cl3NO3S. The third-order valence-electron chi connectivity index (χ3n) is 4.19. The van der Waals surface area contributed by atoms with Crippen LogP contribution in [0, 0.1) is 0 Å². The van der Waals surface area contributed by atoms with Crippen molar-refractivity contribution in [3.8, 4) is 0 Å². The summed E-state index contributed by atoms with van der Waals surface area (Å²) in [5.41, 5.74) is 1.46. The monoisotopic (exact) mass is 415 g/mol. The van der Waals surface area contributed by atoms with Crippen LogP contribution in [0.1, 0.15) is 11.3 Å². The van der Waals surface area contributed by atoms with Gasteiger partial charge in [0.1, 0.15) is 5.76 Å². The van der Waals surface area contributed by atoms with Gasteiger partial charge in [-0.25, -0.2) is 8.42 Å². The van der Waals surface area contributed by atoms with Crippen molar-refractivity contribution < 1.29 is 12.8 Å². The highest BCUT2D eigenvalue weighted by Crippen LogP contribution is 2.37. The van der Waals surface area contributed by atoms with Gasteiger partial charge in [-0.2, -0.15) is 0 Å². The van der Waals surface area contributed by atoms with Crippen molar-refractivity contribution in [2.45, 2.75) is 22.8 Å². The first-order valence-electron chi connectivity index (χ1n) is 7.52. The van der Waals surface area contributed by atoms with E-state index in [2.05, 4.69) is 5.32 Å². The van der Waals surface area contributed by atoms with Crippen LogP contribution in [0.3, 0.4) is 0 Å². The van der Waals surface area contributed by atoms with Gasteiger partial charge in [-0.1, -0.05) is 34.8 Å². The van der Waals surface area contributed by atoms with Crippen LogP contribution in [0.5, 0.6) is 0 Å². The van der Waals surface area contributed by atoms with E-state index in [1.165, 1.54) is 24.3 Å². The van der Waals surface area contributed by atoms with E-state index in [1.807, 2.05) is 0 Å². The zero-order valence-electron chi connectivity index (χ0n) is 12.8. The number of nitrogens with one attached hydrogen (secondary N) is 1. The summed E-state index contributed by atoms with van der Waals surface area (Å²) in [4.78, 5) is 0.105. The Morgan fingerprint density at radius 2 is 1.64 bits per heavy atom. The first kappa shape index (κ1) is 17.2. The van der Waals surface area contributed by atoms with Crippen LogP contribution in [0.2, 0.25) is 15.1 Å². The van der Waals surface area contributed by atoms with E-state index in [1.54, 1.807) is 6.07 Å². The first-order chi connectivity index (χ1) is 11.9. The molecule has 8 heteroatoms. The third-order valence-corrected chi connectivity index (χ3v) is 6.62. The van der Waals surface area contributed by atoms with Crippen LogP contribution >= 0.6 is 34.8 Å². The molecule has 0 bridgehead atoms. The van der Waals surface area contributed by atoms with Gasteiger partial charge in [0.15, 0.2) is 5.58 Å². The van der Waals surface area contributed by atoms with Crippen molar-refractivity contribution in [1.82, 2.24) is 5.32 Å². The lowest BCUT2D eigenvalue weighted by Crippen LogP contribution is -2.22. The van der Waals surface area contributed by atoms with Crippen LogP contribution < -0.4 is 5.32 Å². The number of rotatable bonds is 2. The van der Waals surface area contributed by atoms with E-state index in [4.69, 9.17) is 39.2 Å². The molecule has 0 saturated heterocycles. The number of hydrogen-bond donors (Lipinski definition) is 1. The van der Waals surface area contributed by atoms with Gasteiger partial charge in [-0.05, 0) is 30.3 Å². The summed E-state index contributed by atoms with van der Waals surface area (Å²) in [6, 6.07) is 7.22. The Labute approximate surface area is 159 Å². The van der Waals surface area contributed by atoms with Crippen molar-refractivity contribution >= 4 is 55.6 Å². The molecule has 1 aliphatic heterocycles. The minimum absolute atomic E-state index is 0.0240. The van der Waals surface area contributed by atoms with Crippen molar-refractivity contribution in [1.29, 1.82) is 0 Å². The second kappa shape index (κ2) is 6.18. The van der Waals surface area contributed by atoms with Gasteiger partial charge in [0.25, 0.3) is 0 Å². The van der Waals surface area contributed by atoms with Crippen LogP contribution in [0.25, 0.3) is 11.0 Å². The molecule has 0 amide bonds. The van der Waals surface area contributed by atoms with Gasteiger partial charge < -0.3 is 9.73 Å². The van der Waals surface area contributed by atoms with E-state index in [0.717, 1.165) is 24.3 Å². The Hall–Kier alpha value is -1.24. The fourth-order valence-electron chi connectivity index (χ4n) is 3.02. The smallest absolute Gasteiger partial charge is 0.206 e. The van der Waals surface area contributed by atoms with Crippen LogP contribution in [-0.2, 0) is 22.8 Å². The maximum atomic E-state index is 13.0. The van der Waals surface area contributed by atoms with E-state index in [9.17, 15) is 8.42 Å².